The molecular formula is C23H17N3O3S2. The number of rotatable bonds is 4. The Bertz CT molecular complexity index is 1490. The van der Waals surface area contributed by atoms with Crippen molar-refractivity contribution in [1.82, 2.24) is 4.57 Å². The average Bonchev–Trinajstić information content (AvgIpc) is 3.10. The van der Waals surface area contributed by atoms with Crippen LogP contribution in [0.25, 0.3) is 21.3 Å². The Hall–Kier alpha value is -3.51. The normalized spacial score (nSPS) is 12.1. The highest BCUT2D eigenvalue weighted by atomic mass is 32.2. The number of fused-ring (bicyclic) bond motifs is 1. The molecule has 0 atom stereocenters. The fourth-order valence-electron chi connectivity index (χ4n) is 3.15. The van der Waals surface area contributed by atoms with Gasteiger partial charge in [0, 0.05) is 5.56 Å². The van der Waals surface area contributed by atoms with E-state index in [0.29, 0.717) is 20.6 Å². The van der Waals surface area contributed by atoms with Gasteiger partial charge in [-0.25, -0.2) is 13.6 Å². The van der Waals surface area contributed by atoms with Crippen LogP contribution in [0.5, 0.6) is 0 Å². The Morgan fingerprint density at radius 2 is 1.71 bits per heavy atom. The lowest BCUT2D eigenvalue weighted by atomic mass is 10.0. The van der Waals surface area contributed by atoms with Crippen molar-refractivity contribution in [2.45, 2.75) is 11.4 Å². The molecule has 0 aliphatic carbocycles. The van der Waals surface area contributed by atoms with E-state index >= 15 is 0 Å². The van der Waals surface area contributed by atoms with Crippen molar-refractivity contribution in [2.24, 2.45) is 10.1 Å². The third kappa shape index (κ3) is 4.34. The zero-order chi connectivity index (χ0) is 22.0. The van der Waals surface area contributed by atoms with E-state index in [4.69, 9.17) is 11.6 Å². The second-order valence-corrected chi connectivity index (χ2v) is 9.28. The lowest BCUT2D eigenvalue weighted by molar-refractivity contribution is 0.0998. The van der Waals surface area contributed by atoms with Gasteiger partial charge >= 0.3 is 0 Å². The minimum Gasteiger partial charge on any atom is -0.305 e. The summed E-state index contributed by atoms with van der Waals surface area (Å²) < 4.78 is 25.6. The number of nitrogens with two attached hydrogens (primary N) is 1. The molecule has 4 rings (SSSR count). The van der Waals surface area contributed by atoms with Crippen molar-refractivity contribution in [3.63, 3.8) is 0 Å². The first-order valence-electron chi connectivity index (χ1n) is 9.21. The lowest BCUT2D eigenvalue weighted by Crippen LogP contribution is -2.16. The van der Waals surface area contributed by atoms with Gasteiger partial charge < -0.3 is 4.57 Å². The van der Waals surface area contributed by atoms with Crippen molar-refractivity contribution < 1.29 is 13.2 Å². The fourth-order valence-corrected chi connectivity index (χ4v) is 4.83. The van der Waals surface area contributed by atoms with E-state index in [-0.39, 0.29) is 11.4 Å². The van der Waals surface area contributed by atoms with Gasteiger partial charge in [-0.1, -0.05) is 59.7 Å². The molecule has 2 N–H and O–H groups in total. The first-order chi connectivity index (χ1) is 14.9. The number of benzene rings is 3. The summed E-state index contributed by atoms with van der Waals surface area (Å²) in [7, 11) is -3.84. The summed E-state index contributed by atoms with van der Waals surface area (Å²) in [4.78, 5) is 17.4. The van der Waals surface area contributed by atoms with E-state index in [1.165, 1.54) is 23.5 Å². The molecule has 0 spiro atoms. The van der Waals surface area contributed by atoms with Crippen molar-refractivity contribution in [1.29, 1.82) is 0 Å². The largest absolute Gasteiger partial charge is 0.305 e. The molecule has 0 radical (unpaired) electrons. The maximum atomic E-state index is 12.8. The number of nitrogens with zero attached hydrogens (tertiary/aromatic N) is 2. The Kier molecular flexibility index (Phi) is 5.57. The van der Waals surface area contributed by atoms with E-state index < -0.39 is 15.9 Å². The van der Waals surface area contributed by atoms with Crippen LogP contribution in [-0.4, -0.2) is 18.9 Å². The molecule has 0 saturated carbocycles. The van der Waals surface area contributed by atoms with Crippen LogP contribution in [-0.2, 0) is 16.6 Å². The molecule has 1 amide bonds. The maximum absolute atomic E-state index is 12.8. The smallest absolute Gasteiger partial charge is 0.279 e. The molecule has 8 heteroatoms. The van der Waals surface area contributed by atoms with Crippen LogP contribution < -0.4 is 9.94 Å². The first kappa shape index (κ1) is 20.8. The highest BCUT2D eigenvalue weighted by Crippen LogP contribution is 2.22. The molecule has 6 nitrogen and oxygen atoms in total. The highest BCUT2D eigenvalue weighted by Gasteiger charge is 2.13. The van der Waals surface area contributed by atoms with Crippen molar-refractivity contribution in [3.8, 4) is 23.5 Å². The quantitative estimate of drug-likeness (QED) is 0.486. The molecule has 0 fully saturated rings. The van der Waals surface area contributed by atoms with Gasteiger partial charge in [-0.2, -0.15) is 4.99 Å². The zero-order valence-electron chi connectivity index (χ0n) is 16.2. The van der Waals surface area contributed by atoms with Gasteiger partial charge in [0.15, 0.2) is 4.80 Å². The van der Waals surface area contributed by atoms with Gasteiger partial charge in [0.1, 0.15) is 0 Å². The molecule has 0 aliphatic heterocycles. The van der Waals surface area contributed by atoms with E-state index in [9.17, 15) is 13.2 Å². The fraction of sp³-hybridized carbons (Fsp3) is 0.0435. The molecule has 4 aromatic rings. The zero-order valence-corrected chi connectivity index (χ0v) is 17.9. The number of carbonyl (C=O) groups is 1. The number of sulfonamides is 1. The number of aromatic nitrogens is 1. The van der Waals surface area contributed by atoms with E-state index in [1.54, 1.807) is 22.8 Å². The summed E-state index contributed by atoms with van der Waals surface area (Å²) in [6.45, 7) is 0.188. The highest BCUT2D eigenvalue weighted by molar-refractivity contribution is 7.89. The number of amides is 1. The summed E-state index contributed by atoms with van der Waals surface area (Å²) in [5, 5.41) is 5.22. The number of terminal acetylenes is 1. The molecule has 154 valence electrons. The second kappa shape index (κ2) is 8.32. The third-order valence-electron chi connectivity index (χ3n) is 4.67. The van der Waals surface area contributed by atoms with Crippen LogP contribution in [0, 0.1) is 12.3 Å². The predicted molar refractivity (Wildman–Crippen MR) is 122 cm³/mol. The van der Waals surface area contributed by atoms with Gasteiger partial charge in [0.2, 0.25) is 10.0 Å². The van der Waals surface area contributed by atoms with Crippen molar-refractivity contribution >= 4 is 37.5 Å². The molecule has 3 aromatic carbocycles. The second-order valence-electron chi connectivity index (χ2n) is 6.71. The van der Waals surface area contributed by atoms with E-state index in [2.05, 4.69) is 10.9 Å². The third-order valence-corrected chi connectivity index (χ3v) is 6.62. The predicted octanol–water partition coefficient (Wildman–Crippen LogP) is 3.39. The molecule has 0 unspecified atom stereocenters. The molecule has 31 heavy (non-hydrogen) atoms. The Labute approximate surface area is 183 Å². The van der Waals surface area contributed by atoms with Crippen molar-refractivity contribution in [3.05, 3.63) is 83.2 Å². The number of hydrogen-bond donors (Lipinski definition) is 1. The maximum Gasteiger partial charge on any atom is 0.279 e. The van der Waals surface area contributed by atoms with Crippen LogP contribution in [0.3, 0.4) is 0 Å². The standard InChI is InChI=1S/C23H17N3O3S2/c1-2-14-26-20-13-12-19(31(24,28)29)15-21(20)30-23(26)25-22(27)18-10-8-17(9-11-18)16-6-4-3-5-7-16/h1,3-13,15H,14H2,(H2,24,28,29). The summed E-state index contributed by atoms with van der Waals surface area (Å²) in [6.07, 6.45) is 5.48. The molecule has 0 bridgehead atoms. The van der Waals surface area contributed by atoms with Crippen LogP contribution in [0.1, 0.15) is 10.4 Å². The van der Waals surface area contributed by atoms with Crippen LogP contribution in [0.15, 0.2) is 82.7 Å². The van der Waals surface area contributed by atoms with Crippen LogP contribution in [0.2, 0.25) is 0 Å². The van der Waals surface area contributed by atoms with Crippen LogP contribution >= 0.6 is 11.3 Å². The minimum absolute atomic E-state index is 0.0107. The monoisotopic (exact) mass is 447 g/mol. The van der Waals surface area contributed by atoms with Gasteiger partial charge in [-0.3, -0.25) is 4.79 Å². The topological polar surface area (TPSA) is 94.5 Å². The number of hydrogen-bond acceptors (Lipinski definition) is 4. The summed E-state index contributed by atoms with van der Waals surface area (Å²) in [5.74, 6) is 2.13. The van der Waals surface area contributed by atoms with Crippen molar-refractivity contribution in [2.75, 3.05) is 0 Å². The summed E-state index contributed by atoms with van der Waals surface area (Å²) >= 11 is 1.18. The molecule has 1 heterocycles. The summed E-state index contributed by atoms with van der Waals surface area (Å²) in [5.41, 5.74) is 3.17. The molecule has 0 aliphatic rings. The number of carbonyl (C=O) groups excluding carboxylic acids is 1. The molecule has 0 saturated heterocycles. The van der Waals surface area contributed by atoms with Gasteiger partial charge in [-0.05, 0) is 41.5 Å². The molecule has 1 aromatic heterocycles. The Balaban J connectivity index is 1.75. The average molecular weight is 448 g/mol. The lowest BCUT2D eigenvalue weighted by Gasteiger charge is -2.03. The van der Waals surface area contributed by atoms with Gasteiger partial charge in [-0.15, -0.1) is 6.42 Å². The van der Waals surface area contributed by atoms with Gasteiger partial charge in [0.25, 0.3) is 5.91 Å². The minimum atomic E-state index is -3.84. The van der Waals surface area contributed by atoms with E-state index in [1.807, 2.05) is 42.5 Å². The molecular weight excluding hydrogens is 430 g/mol. The van der Waals surface area contributed by atoms with Gasteiger partial charge in [0.05, 0.1) is 21.7 Å². The Morgan fingerprint density at radius 1 is 1.03 bits per heavy atom. The number of thiazole rings is 1. The van der Waals surface area contributed by atoms with Crippen LogP contribution in [0.4, 0.5) is 0 Å². The number of primary sulfonamides is 1. The first-order valence-corrected chi connectivity index (χ1v) is 11.6. The SMILES string of the molecule is C#CCn1c(=NC(=O)c2ccc(-c3ccccc3)cc2)sc2cc(S(N)(=O)=O)ccc21. The summed E-state index contributed by atoms with van der Waals surface area (Å²) in [6, 6.07) is 21.5. The van der Waals surface area contributed by atoms with E-state index in [0.717, 1.165) is 11.1 Å². The Morgan fingerprint density at radius 3 is 2.35 bits per heavy atom.